The third kappa shape index (κ3) is 8.40. The van der Waals surface area contributed by atoms with Gasteiger partial charge in [-0.05, 0) is 55.2 Å². The van der Waals surface area contributed by atoms with Crippen molar-refractivity contribution in [3.05, 3.63) is 63.6 Å². The molecule has 0 spiro atoms. The number of carbonyl (C=O) groups excluding carboxylic acids is 2. The molecule has 2 aromatic carbocycles. The smallest absolute Gasteiger partial charge is 0.335 e. The van der Waals surface area contributed by atoms with E-state index >= 15 is 0 Å². The Bertz CT molecular complexity index is 1030. The van der Waals surface area contributed by atoms with E-state index in [1.807, 2.05) is 13.8 Å². The van der Waals surface area contributed by atoms with E-state index < -0.39 is 29.9 Å². The fraction of sp³-hybridized carbons (Fsp3) is 0.304. The molecule has 0 aromatic heterocycles. The highest BCUT2D eigenvalue weighted by Crippen LogP contribution is 2.28. The standard InChI is InChI=1S/C23H25Cl2N3O5/c1-13(2)10-19(22(30)28-26-12-15-4-6-16(7-5-15)23(31)32)27-21(29)14(3)33-20-9-8-17(24)11-18(20)25/h4-9,11-14,19H,10H2,1-3H3,(H,27,29)(H,28,30)(H,31,32)/b26-12-/t14-,19+/m1/s1. The minimum atomic E-state index is -1.03. The summed E-state index contributed by atoms with van der Waals surface area (Å²) in [5.41, 5.74) is 3.16. The molecule has 2 amide bonds. The molecule has 0 aliphatic carbocycles. The zero-order valence-electron chi connectivity index (χ0n) is 18.3. The number of carboxylic acid groups (broad SMARTS) is 1. The lowest BCUT2D eigenvalue weighted by atomic mass is 10.0. The Kier molecular flexibility index (Phi) is 9.69. The van der Waals surface area contributed by atoms with Crippen LogP contribution in [-0.2, 0) is 9.59 Å². The predicted octanol–water partition coefficient (Wildman–Crippen LogP) is 4.14. The van der Waals surface area contributed by atoms with Gasteiger partial charge in [0.1, 0.15) is 11.8 Å². The van der Waals surface area contributed by atoms with Crippen molar-refractivity contribution in [3.63, 3.8) is 0 Å². The molecule has 2 atom stereocenters. The van der Waals surface area contributed by atoms with Crippen LogP contribution in [0.4, 0.5) is 0 Å². The van der Waals surface area contributed by atoms with Crippen LogP contribution in [0.1, 0.15) is 43.1 Å². The number of nitrogens with one attached hydrogen (secondary N) is 2. The Morgan fingerprint density at radius 3 is 2.30 bits per heavy atom. The molecule has 0 aliphatic rings. The van der Waals surface area contributed by atoms with Crippen molar-refractivity contribution in [1.82, 2.24) is 10.7 Å². The van der Waals surface area contributed by atoms with Gasteiger partial charge in [-0.3, -0.25) is 9.59 Å². The summed E-state index contributed by atoms with van der Waals surface area (Å²) < 4.78 is 5.61. The van der Waals surface area contributed by atoms with Crippen molar-refractivity contribution in [1.29, 1.82) is 0 Å². The van der Waals surface area contributed by atoms with Gasteiger partial charge in [-0.15, -0.1) is 0 Å². The molecule has 0 heterocycles. The molecule has 0 fully saturated rings. The third-order valence-electron chi connectivity index (χ3n) is 4.45. The molecule has 3 N–H and O–H groups in total. The molecular formula is C23H25Cl2N3O5. The summed E-state index contributed by atoms with van der Waals surface area (Å²) in [6, 6.07) is 9.81. The monoisotopic (exact) mass is 493 g/mol. The van der Waals surface area contributed by atoms with E-state index in [4.69, 9.17) is 33.0 Å². The molecule has 176 valence electrons. The van der Waals surface area contributed by atoms with Crippen molar-refractivity contribution >= 4 is 47.2 Å². The summed E-state index contributed by atoms with van der Waals surface area (Å²) in [6.07, 6.45) is 0.850. The van der Waals surface area contributed by atoms with Gasteiger partial charge in [0, 0.05) is 5.02 Å². The van der Waals surface area contributed by atoms with Gasteiger partial charge in [0.05, 0.1) is 16.8 Å². The molecule has 2 rings (SSSR count). The van der Waals surface area contributed by atoms with E-state index in [1.54, 1.807) is 31.2 Å². The van der Waals surface area contributed by atoms with Crippen molar-refractivity contribution in [2.24, 2.45) is 11.0 Å². The first-order valence-corrected chi connectivity index (χ1v) is 10.9. The molecule has 10 heteroatoms. The van der Waals surface area contributed by atoms with Gasteiger partial charge in [-0.25, -0.2) is 10.2 Å². The summed E-state index contributed by atoms with van der Waals surface area (Å²) in [5.74, 6) is -1.60. The highest BCUT2D eigenvalue weighted by atomic mass is 35.5. The first-order valence-electron chi connectivity index (χ1n) is 10.1. The van der Waals surface area contributed by atoms with Crippen LogP contribution < -0.4 is 15.5 Å². The maximum Gasteiger partial charge on any atom is 0.335 e. The largest absolute Gasteiger partial charge is 0.479 e. The molecular weight excluding hydrogens is 469 g/mol. The number of hydrogen-bond donors (Lipinski definition) is 3. The lowest BCUT2D eigenvalue weighted by Crippen LogP contribution is -2.49. The van der Waals surface area contributed by atoms with E-state index in [1.165, 1.54) is 24.4 Å². The molecule has 0 saturated carbocycles. The number of carbonyl (C=O) groups is 3. The van der Waals surface area contributed by atoms with Crippen LogP contribution in [0.2, 0.25) is 10.0 Å². The number of halogens is 2. The van der Waals surface area contributed by atoms with Crippen molar-refractivity contribution in [2.45, 2.75) is 39.3 Å². The SMILES string of the molecule is CC(C)C[C@H](NC(=O)[C@@H](C)Oc1ccc(Cl)cc1Cl)C(=O)N/N=C\c1ccc(C(=O)O)cc1. The number of aromatic carboxylic acids is 1. The quantitative estimate of drug-likeness (QED) is 0.339. The number of ether oxygens (including phenoxy) is 1. The summed E-state index contributed by atoms with van der Waals surface area (Å²) in [7, 11) is 0. The van der Waals surface area contributed by atoms with Gasteiger partial charge in [-0.1, -0.05) is 49.2 Å². The van der Waals surface area contributed by atoms with E-state index in [0.717, 1.165) is 0 Å². The Balaban J connectivity index is 1.99. The Hall–Kier alpha value is -3.10. The van der Waals surface area contributed by atoms with Gasteiger partial charge >= 0.3 is 5.97 Å². The zero-order chi connectivity index (χ0) is 24.5. The van der Waals surface area contributed by atoms with Crippen LogP contribution in [0.3, 0.4) is 0 Å². The fourth-order valence-electron chi connectivity index (χ4n) is 2.77. The predicted molar refractivity (Wildman–Crippen MR) is 127 cm³/mol. The lowest BCUT2D eigenvalue weighted by molar-refractivity contribution is -0.132. The summed E-state index contributed by atoms with van der Waals surface area (Å²) in [4.78, 5) is 36.2. The highest BCUT2D eigenvalue weighted by molar-refractivity contribution is 6.35. The fourth-order valence-corrected chi connectivity index (χ4v) is 3.22. The van der Waals surface area contributed by atoms with E-state index in [-0.39, 0.29) is 16.5 Å². The molecule has 8 nitrogen and oxygen atoms in total. The van der Waals surface area contributed by atoms with Gasteiger partial charge in [-0.2, -0.15) is 5.10 Å². The topological polar surface area (TPSA) is 117 Å². The number of benzene rings is 2. The zero-order valence-corrected chi connectivity index (χ0v) is 19.9. The molecule has 0 radical (unpaired) electrons. The second kappa shape index (κ2) is 12.2. The number of amides is 2. The first kappa shape index (κ1) is 26.2. The highest BCUT2D eigenvalue weighted by Gasteiger charge is 2.25. The number of rotatable bonds is 10. The summed E-state index contributed by atoms with van der Waals surface area (Å²) in [6.45, 7) is 5.39. The molecule has 0 unspecified atom stereocenters. The second-order valence-electron chi connectivity index (χ2n) is 7.69. The second-order valence-corrected chi connectivity index (χ2v) is 8.53. The number of carboxylic acids is 1. The molecule has 0 aliphatic heterocycles. The van der Waals surface area contributed by atoms with Crippen molar-refractivity contribution < 1.29 is 24.2 Å². The lowest BCUT2D eigenvalue weighted by Gasteiger charge is -2.22. The Morgan fingerprint density at radius 1 is 1.06 bits per heavy atom. The Morgan fingerprint density at radius 2 is 1.73 bits per heavy atom. The van der Waals surface area contributed by atoms with Gasteiger partial charge in [0.15, 0.2) is 6.10 Å². The number of nitrogens with zero attached hydrogens (tertiary/aromatic N) is 1. The van der Waals surface area contributed by atoms with Crippen LogP contribution in [0.5, 0.6) is 5.75 Å². The maximum absolute atomic E-state index is 12.6. The van der Waals surface area contributed by atoms with Crippen LogP contribution in [0, 0.1) is 5.92 Å². The van der Waals surface area contributed by atoms with Gasteiger partial charge < -0.3 is 15.2 Å². The van der Waals surface area contributed by atoms with E-state index in [0.29, 0.717) is 22.8 Å². The van der Waals surface area contributed by atoms with Gasteiger partial charge in [0.25, 0.3) is 11.8 Å². The normalized spacial score (nSPS) is 12.9. The molecule has 0 saturated heterocycles. The maximum atomic E-state index is 12.6. The molecule has 0 bridgehead atoms. The van der Waals surface area contributed by atoms with Crippen LogP contribution in [0.15, 0.2) is 47.6 Å². The number of hydrazone groups is 1. The Labute approximate surface area is 201 Å². The average molecular weight is 494 g/mol. The molecule has 2 aromatic rings. The minimum Gasteiger partial charge on any atom is -0.479 e. The summed E-state index contributed by atoms with van der Waals surface area (Å²) >= 11 is 12.0. The first-order chi connectivity index (χ1) is 15.6. The van der Waals surface area contributed by atoms with Gasteiger partial charge in [0.2, 0.25) is 0 Å². The third-order valence-corrected chi connectivity index (χ3v) is 4.98. The average Bonchev–Trinajstić information content (AvgIpc) is 2.75. The number of hydrogen-bond acceptors (Lipinski definition) is 5. The van der Waals surface area contributed by atoms with E-state index in [2.05, 4.69) is 15.8 Å². The van der Waals surface area contributed by atoms with Crippen LogP contribution >= 0.6 is 23.2 Å². The summed E-state index contributed by atoms with van der Waals surface area (Å²) in [5, 5.41) is 16.2. The minimum absolute atomic E-state index is 0.121. The molecule has 33 heavy (non-hydrogen) atoms. The van der Waals surface area contributed by atoms with Crippen LogP contribution in [0.25, 0.3) is 0 Å². The van der Waals surface area contributed by atoms with Crippen molar-refractivity contribution in [3.8, 4) is 5.75 Å². The van der Waals surface area contributed by atoms with Crippen LogP contribution in [-0.4, -0.2) is 41.3 Å². The van der Waals surface area contributed by atoms with Crippen molar-refractivity contribution in [2.75, 3.05) is 0 Å². The van der Waals surface area contributed by atoms with E-state index in [9.17, 15) is 14.4 Å².